The van der Waals surface area contributed by atoms with Crippen LogP contribution in [0.5, 0.6) is 5.75 Å². The summed E-state index contributed by atoms with van der Waals surface area (Å²) < 4.78 is 14.7. The SMILES string of the molecule is COC(=O)CCCNC(=O)COC(=O)COc1ccc(-c2ccccc2)cc1Cl. The van der Waals surface area contributed by atoms with Crippen LogP contribution in [-0.2, 0) is 23.9 Å². The van der Waals surface area contributed by atoms with E-state index < -0.39 is 18.5 Å². The Bertz CT molecular complexity index is 840. The van der Waals surface area contributed by atoms with Crippen molar-refractivity contribution < 1.29 is 28.6 Å². The molecule has 0 radical (unpaired) electrons. The Hall–Kier alpha value is -3.06. The third kappa shape index (κ3) is 7.83. The largest absolute Gasteiger partial charge is 0.480 e. The zero-order valence-corrected chi connectivity index (χ0v) is 16.7. The number of esters is 2. The first-order valence-electron chi connectivity index (χ1n) is 8.96. The number of hydrogen-bond acceptors (Lipinski definition) is 6. The molecule has 0 bridgehead atoms. The molecule has 0 unspecified atom stereocenters. The van der Waals surface area contributed by atoms with E-state index in [9.17, 15) is 14.4 Å². The molecule has 29 heavy (non-hydrogen) atoms. The monoisotopic (exact) mass is 419 g/mol. The molecule has 0 saturated carbocycles. The van der Waals surface area contributed by atoms with E-state index >= 15 is 0 Å². The summed E-state index contributed by atoms with van der Waals surface area (Å²) in [6.45, 7) is -0.521. The van der Waals surface area contributed by atoms with Gasteiger partial charge in [0.1, 0.15) is 5.75 Å². The second-order valence-electron chi connectivity index (χ2n) is 5.99. The second-order valence-corrected chi connectivity index (χ2v) is 6.40. The van der Waals surface area contributed by atoms with Crippen LogP contribution >= 0.6 is 11.6 Å². The topological polar surface area (TPSA) is 90.9 Å². The number of carbonyl (C=O) groups is 3. The number of rotatable bonds is 10. The molecule has 0 heterocycles. The van der Waals surface area contributed by atoms with Crippen LogP contribution in [0.1, 0.15) is 12.8 Å². The Morgan fingerprint density at radius 3 is 2.41 bits per heavy atom. The molecule has 1 amide bonds. The van der Waals surface area contributed by atoms with Gasteiger partial charge in [-0.2, -0.15) is 0 Å². The van der Waals surface area contributed by atoms with Crippen LogP contribution in [0.15, 0.2) is 48.5 Å². The minimum Gasteiger partial charge on any atom is -0.480 e. The Morgan fingerprint density at radius 1 is 0.966 bits per heavy atom. The fourth-order valence-corrected chi connectivity index (χ4v) is 2.60. The van der Waals surface area contributed by atoms with Crippen molar-refractivity contribution in [3.05, 3.63) is 53.6 Å². The Kier molecular flexibility index (Phi) is 8.98. The molecule has 0 aliphatic rings. The van der Waals surface area contributed by atoms with Crippen molar-refractivity contribution in [2.24, 2.45) is 0 Å². The summed E-state index contributed by atoms with van der Waals surface area (Å²) in [6.07, 6.45) is 0.640. The van der Waals surface area contributed by atoms with Gasteiger partial charge in [0.25, 0.3) is 5.91 Å². The minimum atomic E-state index is -0.696. The molecular weight excluding hydrogens is 398 g/mol. The predicted octanol–water partition coefficient (Wildman–Crippen LogP) is 3.00. The number of hydrogen-bond donors (Lipinski definition) is 1. The van der Waals surface area contributed by atoms with Crippen molar-refractivity contribution in [3.8, 4) is 16.9 Å². The number of methoxy groups -OCH3 is 1. The van der Waals surface area contributed by atoms with E-state index in [1.54, 1.807) is 12.1 Å². The lowest BCUT2D eigenvalue weighted by molar-refractivity contribution is -0.150. The van der Waals surface area contributed by atoms with E-state index in [2.05, 4.69) is 10.1 Å². The van der Waals surface area contributed by atoms with Crippen LogP contribution in [0.2, 0.25) is 5.02 Å². The number of carbonyl (C=O) groups excluding carboxylic acids is 3. The lowest BCUT2D eigenvalue weighted by atomic mass is 10.1. The fourth-order valence-electron chi connectivity index (χ4n) is 2.37. The Balaban J connectivity index is 1.71. The first kappa shape index (κ1) is 22.2. The molecule has 0 aromatic heterocycles. The van der Waals surface area contributed by atoms with Gasteiger partial charge in [-0.3, -0.25) is 9.59 Å². The van der Waals surface area contributed by atoms with Crippen molar-refractivity contribution in [3.63, 3.8) is 0 Å². The molecule has 154 valence electrons. The summed E-state index contributed by atoms with van der Waals surface area (Å²) in [5, 5.41) is 2.90. The highest BCUT2D eigenvalue weighted by molar-refractivity contribution is 6.32. The van der Waals surface area contributed by atoms with Crippen LogP contribution in [0, 0.1) is 0 Å². The van der Waals surface area contributed by atoms with Gasteiger partial charge in [0.05, 0.1) is 12.1 Å². The Morgan fingerprint density at radius 2 is 1.72 bits per heavy atom. The third-order valence-electron chi connectivity index (χ3n) is 3.86. The summed E-state index contributed by atoms with van der Waals surface area (Å²) in [5.41, 5.74) is 1.94. The maximum atomic E-state index is 11.7. The molecule has 0 fully saturated rings. The average Bonchev–Trinajstić information content (AvgIpc) is 2.74. The maximum absolute atomic E-state index is 11.7. The first-order chi connectivity index (χ1) is 14.0. The van der Waals surface area contributed by atoms with E-state index in [1.165, 1.54) is 7.11 Å². The molecule has 0 aliphatic carbocycles. The van der Waals surface area contributed by atoms with Crippen molar-refractivity contribution in [2.45, 2.75) is 12.8 Å². The predicted molar refractivity (Wildman–Crippen MR) is 108 cm³/mol. The number of benzene rings is 2. The molecule has 0 atom stereocenters. The number of amides is 1. The molecule has 2 aromatic rings. The highest BCUT2D eigenvalue weighted by Gasteiger charge is 2.11. The van der Waals surface area contributed by atoms with Gasteiger partial charge < -0.3 is 19.5 Å². The third-order valence-corrected chi connectivity index (χ3v) is 4.15. The van der Waals surface area contributed by atoms with E-state index in [-0.39, 0.29) is 25.5 Å². The fraction of sp³-hybridized carbons (Fsp3) is 0.286. The second kappa shape index (κ2) is 11.7. The molecule has 2 rings (SSSR count). The van der Waals surface area contributed by atoms with E-state index in [0.29, 0.717) is 17.2 Å². The number of halogens is 1. The highest BCUT2D eigenvalue weighted by atomic mass is 35.5. The van der Waals surface area contributed by atoms with Crippen LogP contribution < -0.4 is 10.1 Å². The summed E-state index contributed by atoms with van der Waals surface area (Å²) in [6, 6.07) is 15.0. The van der Waals surface area contributed by atoms with Gasteiger partial charge in [-0.05, 0) is 29.7 Å². The van der Waals surface area contributed by atoms with Crippen molar-refractivity contribution in [1.82, 2.24) is 5.32 Å². The summed E-state index contributed by atoms with van der Waals surface area (Å²) in [5.74, 6) is -1.17. The van der Waals surface area contributed by atoms with E-state index in [0.717, 1.165) is 11.1 Å². The van der Waals surface area contributed by atoms with Crippen molar-refractivity contribution in [2.75, 3.05) is 26.9 Å². The zero-order valence-electron chi connectivity index (χ0n) is 16.0. The van der Waals surface area contributed by atoms with Crippen LogP contribution in [0.3, 0.4) is 0 Å². The molecule has 0 spiro atoms. The summed E-state index contributed by atoms with van der Waals surface area (Å²) in [7, 11) is 1.30. The summed E-state index contributed by atoms with van der Waals surface area (Å²) >= 11 is 6.22. The molecule has 7 nitrogen and oxygen atoms in total. The van der Waals surface area contributed by atoms with Gasteiger partial charge in [-0.25, -0.2) is 4.79 Å². The molecule has 0 saturated heterocycles. The number of nitrogens with one attached hydrogen (secondary N) is 1. The van der Waals surface area contributed by atoms with E-state index in [1.807, 2.05) is 36.4 Å². The van der Waals surface area contributed by atoms with Gasteiger partial charge in [-0.15, -0.1) is 0 Å². The van der Waals surface area contributed by atoms with Gasteiger partial charge >= 0.3 is 11.9 Å². The standard InChI is InChI=1S/C21H22ClNO6/c1-27-20(25)8-5-11-23-19(24)13-29-21(26)14-28-18-10-9-16(12-17(18)22)15-6-3-2-4-7-15/h2-4,6-7,9-10,12H,5,8,11,13-14H2,1H3,(H,23,24). The van der Waals surface area contributed by atoms with Gasteiger partial charge in [0.2, 0.25) is 0 Å². The van der Waals surface area contributed by atoms with Crippen LogP contribution in [0.4, 0.5) is 0 Å². The van der Waals surface area contributed by atoms with Crippen LogP contribution in [0.25, 0.3) is 11.1 Å². The molecule has 2 aromatic carbocycles. The maximum Gasteiger partial charge on any atom is 0.344 e. The smallest absolute Gasteiger partial charge is 0.344 e. The van der Waals surface area contributed by atoms with E-state index in [4.69, 9.17) is 21.1 Å². The molecular formula is C21H22ClNO6. The lowest BCUT2D eigenvalue weighted by Crippen LogP contribution is -2.30. The minimum absolute atomic E-state index is 0.203. The van der Waals surface area contributed by atoms with Gasteiger partial charge in [0.15, 0.2) is 13.2 Å². The quantitative estimate of drug-likeness (QED) is 0.470. The van der Waals surface area contributed by atoms with Gasteiger partial charge in [-0.1, -0.05) is 48.0 Å². The normalized spacial score (nSPS) is 10.1. The average molecular weight is 420 g/mol. The molecule has 8 heteroatoms. The molecule has 1 N–H and O–H groups in total. The molecule has 0 aliphatic heterocycles. The van der Waals surface area contributed by atoms with Crippen LogP contribution in [-0.4, -0.2) is 44.7 Å². The van der Waals surface area contributed by atoms with Gasteiger partial charge in [0, 0.05) is 13.0 Å². The first-order valence-corrected chi connectivity index (χ1v) is 9.34. The number of ether oxygens (including phenoxy) is 3. The van der Waals surface area contributed by atoms with Crippen molar-refractivity contribution in [1.29, 1.82) is 0 Å². The summed E-state index contributed by atoms with van der Waals surface area (Å²) in [4.78, 5) is 34.3. The van der Waals surface area contributed by atoms with Crippen molar-refractivity contribution >= 4 is 29.4 Å². The highest BCUT2D eigenvalue weighted by Crippen LogP contribution is 2.30. The lowest BCUT2D eigenvalue weighted by Gasteiger charge is -2.10. The Labute approximate surface area is 173 Å². The zero-order chi connectivity index (χ0) is 21.1.